The van der Waals surface area contributed by atoms with Gasteiger partial charge in [-0.3, -0.25) is 19.0 Å². The summed E-state index contributed by atoms with van der Waals surface area (Å²) >= 11 is 1.13. The highest BCUT2D eigenvalue weighted by molar-refractivity contribution is 7.99. The second-order valence-electron chi connectivity index (χ2n) is 5.46. The molecule has 0 spiro atoms. The number of hydrogen-bond donors (Lipinski definition) is 0. The average Bonchev–Trinajstić information content (AvgIpc) is 2.69. The topological polar surface area (TPSA) is 78.3 Å². The van der Waals surface area contributed by atoms with E-state index in [0.717, 1.165) is 11.8 Å². The second-order valence-corrected chi connectivity index (χ2v) is 6.40. The van der Waals surface area contributed by atoms with Crippen molar-refractivity contribution in [3.8, 4) is 0 Å². The van der Waals surface area contributed by atoms with E-state index in [-0.39, 0.29) is 23.6 Å². The van der Waals surface area contributed by atoms with Crippen molar-refractivity contribution in [2.45, 2.75) is 11.7 Å². The standard InChI is InChI=1S/C19H16N2O4S/c1-25-17(23)11-21-18(24)14-9-5-6-10-15(14)20-19(21)26-12-16(22)13-7-3-2-4-8-13/h2-10H,11-12H2,1H3. The van der Waals surface area contributed by atoms with Gasteiger partial charge in [0.2, 0.25) is 0 Å². The Morgan fingerprint density at radius 1 is 1.08 bits per heavy atom. The van der Waals surface area contributed by atoms with Gasteiger partial charge in [0.15, 0.2) is 10.9 Å². The fourth-order valence-corrected chi connectivity index (χ4v) is 3.32. The van der Waals surface area contributed by atoms with E-state index < -0.39 is 5.97 Å². The minimum atomic E-state index is -0.555. The molecule has 0 N–H and O–H groups in total. The molecule has 6 nitrogen and oxygen atoms in total. The van der Waals surface area contributed by atoms with Crippen LogP contribution in [0.4, 0.5) is 0 Å². The van der Waals surface area contributed by atoms with Crippen molar-refractivity contribution < 1.29 is 14.3 Å². The Kier molecular flexibility index (Phi) is 5.48. The number of Topliss-reactive ketones (excluding diaryl/α,β-unsaturated/α-hetero) is 1. The highest BCUT2D eigenvalue weighted by Crippen LogP contribution is 2.19. The molecule has 0 amide bonds. The summed E-state index contributed by atoms with van der Waals surface area (Å²) in [6.07, 6.45) is 0. The van der Waals surface area contributed by atoms with Gasteiger partial charge in [0.05, 0.1) is 23.8 Å². The van der Waals surface area contributed by atoms with Gasteiger partial charge in [0.1, 0.15) is 6.54 Å². The van der Waals surface area contributed by atoms with Crippen LogP contribution in [-0.2, 0) is 16.1 Å². The second kappa shape index (κ2) is 7.97. The number of carbonyl (C=O) groups is 2. The number of rotatable bonds is 6. The molecule has 0 saturated heterocycles. The Hall–Kier alpha value is -2.93. The molecule has 0 aliphatic heterocycles. The molecule has 26 heavy (non-hydrogen) atoms. The van der Waals surface area contributed by atoms with Crippen molar-refractivity contribution in [2.75, 3.05) is 12.9 Å². The van der Waals surface area contributed by atoms with Gasteiger partial charge in [-0.15, -0.1) is 0 Å². The summed E-state index contributed by atoms with van der Waals surface area (Å²) in [6, 6.07) is 15.8. The maximum absolute atomic E-state index is 12.7. The first-order chi connectivity index (χ1) is 12.6. The number of benzene rings is 2. The number of esters is 1. The first-order valence-electron chi connectivity index (χ1n) is 7.87. The molecule has 0 aliphatic rings. The molecule has 0 unspecified atom stereocenters. The zero-order valence-corrected chi connectivity index (χ0v) is 14.9. The van der Waals surface area contributed by atoms with E-state index in [2.05, 4.69) is 9.72 Å². The summed E-state index contributed by atoms with van der Waals surface area (Å²) < 4.78 is 5.92. The number of fused-ring (bicyclic) bond motifs is 1. The van der Waals surface area contributed by atoms with Crippen molar-refractivity contribution in [3.63, 3.8) is 0 Å². The molecule has 1 heterocycles. The van der Waals surface area contributed by atoms with Crippen LogP contribution in [0.1, 0.15) is 10.4 Å². The quantitative estimate of drug-likeness (QED) is 0.288. The van der Waals surface area contributed by atoms with E-state index in [0.29, 0.717) is 21.6 Å². The van der Waals surface area contributed by atoms with Gasteiger partial charge in [-0.25, -0.2) is 4.98 Å². The van der Waals surface area contributed by atoms with E-state index in [9.17, 15) is 14.4 Å². The predicted molar refractivity (Wildman–Crippen MR) is 99.5 cm³/mol. The lowest BCUT2D eigenvalue weighted by Gasteiger charge is -2.11. The van der Waals surface area contributed by atoms with Crippen LogP contribution in [0, 0.1) is 0 Å². The van der Waals surface area contributed by atoms with Crippen LogP contribution in [0.5, 0.6) is 0 Å². The van der Waals surface area contributed by atoms with E-state index in [4.69, 9.17) is 0 Å². The number of methoxy groups -OCH3 is 1. The maximum Gasteiger partial charge on any atom is 0.325 e. The third-order valence-electron chi connectivity index (χ3n) is 3.77. The Bertz CT molecular complexity index is 1010. The lowest BCUT2D eigenvalue weighted by Crippen LogP contribution is -2.27. The van der Waals surface area contributed by atoms with Gasteiger partial charge >= 0.3 is 5.97 Å². The van der Waals surface area contributed by atoms with Gasteiger partial charge in [0, 0.05) is 5.56 Å². The number of aromatic nitrogens is 2. The number of ether oxygens (including phenoxy) is 1. The van der Waals surface area contributed by atoms with Crippen LogP contribution in [0.15, 0.2) is 64.5 Å². The van der Waals surface area contributed by atoms with Crippen LogP contribution < -0.4 is 5.56 Å². The minimum absolute atomic E-state index is 0.0809. The maximum atomic E-state index is 12.7. The molecular formula is C19H16N2O4S. The number of nitrogens with zero attached hydrogens (tertiary/aromatic N) is 2. The van der Waals surface area contributed by atoms with E-state index in [1.165, 1.54) is 11.7 Å². The molecule has 3 aromatic rings. The van der Waals surface area contributed by atoms with Crippen molar-refractivity contribution in [1.82, 2.24) is 9.55 Å². The summed E-state index contributed by atoms with van der Waals surface area (Å²) in [5, 5.41) is 0.721. The summed E-state index contributed by atoms with van der Waals surface area (Å²) in [5.74, 6) is -0.529. The lowest BCUT2D eigenvalue weighted by atomic mass is 10.2. The Balaban J connectivity index is 1.95. The number of para-hydroxylation sites is 1. The molecule has 7 heteroatoms. The first-order valence-corrected chi connectivity index (χ1v) is 8.86. The first kappa shape index (κ1) is 17.9. The minimum Gasteiger partial charge on any atom is -0.468 e. The van der Waals surface area contributed by atoms with Crippen LogP contribution in [-0.4, -0.2) is 34.2 Å². The van der Waals surface area contributed by atoms with Crippen molar-refractivity contribution in [1.29, 1.82) is 0 Å². The van der Waals surface area contributed by atoms with Crippen molar-refractivity contribution in [3.05, 3.63) is 70.5 Å². The normalized spacial score (nSPS) is 10.7. The van der Waals surface area contributed by atoms with E-state index >= 15 is 0 Å². The van der Waals surface area contributed by atoms with Gasteiger partial charge in [-0.05, 0) is 12.1 Å². The van der Waals surface area contributed by atoms with Crippen LogP contribution in [0.3, 0.4) is 0 Å². The summed E-state index contributed by atoms with van der Waals surface area (Å²) in [5.41, 5.74) is 0.770. The zero-order valence-electron chi connectivity index (χ0n) is 14.0. The number of carbonyl (C=O) groups excluding carboxylic acids is 2. The largest absolute Gasteiger partial charge is 0.468 e. The van der Waals surface area contributed by atoms with Gasteiger partial charge in [-0.1, -0.05) is 54.2 Å². The lowest BCUT2D eigenvalue weighted by molar-refractivity contribution is -0.141. The molecule has 0 aliphatic carbocycles. The summed E-state index contributed by atoms with van der Waals surface area (Å²) in [4.78, 5) is 41.2. The molecule has 1 aromatic heterocycles. The number of thioether (sulfide) groups is 1. The predicted octanol–water partition coefficient (Wildman–Crippen LogP) is 2.54. The molecule has 2 aromatic carbocycles. The third kappa shape index (κ3) is 3.83. The Morgan fingerprint density at radius 2 is 1.77 bits per heavy atom. The molecular weight excluding hydrogens is 352 g/mol. The molecule has 0 atom stereocenters. The smallest absolute Gasteiger partial charge is 0.325 e. The summed E-state index contributed by atoms with van der Waals surface area (Å²) in [7, 11) is 1.26. The van der Waals surface area contributed by atoms with Gasteiger partial charge in [0.25, 0.3) is 5.56 Å². The SMILES string of the molecule is COC(=O)Cn1c(SCC(=O)c2ccccc2)nc2ccccc2c1=O. The van der Waals surface area contributed by atoms with Gasteiger partial charge < -0.3 is 4.74 Å². The average molecular weight is 368 g/mol. The molecule has 0 radical (unpaired) electrons. The Morgan fingerprint density at radius 3 is 2.50 bits per heavy atom. The highest BCUT2D eigenvalue weighted by atomic mass is 32.2. The van der Waals surface area contributed by atoms with Crippen molar-refractivity contribution >= 4 is 34.4 Å². The highest BCUT2D eigenvalue weighted by Gasteiger charge is 2.16. The van der Waals surface area contributed by atoms with E-state index in [1.54, 1.807) is 48.5 Å². The molecule has 132 valence electrons. The van der Waals surface area contributed by atoms with Crippen LogP contribution in [0.2, 0.25) is 0 Å². The molecule has 3 rings (SSSR count). The number of ketones is 1. The van der Waals surface area contributed by atoms with Crippen molar-refractivity contribution in [2.24, 2.45) is 0 Å². The molecule has 0 saturated carbocycles. The van der Waals surface area contributed by atoms with E-state index in [1.807, 2.05) is 6.07 Å². The van der Waals surface area contributed by atoms with Gasteiger partial charge in [-0.2, -0.15) is 0 Å². The Labute approximate surface area is 153 Å². The fourth-order valence-electron chi connectivity index (χ4n) is 2.43. The summed E-state index contributed by atoms with van der Waals surface area (Å²) in [6.45, 7) is -0.255. The monoisotopic (exact) mass is 368 g/mol. The molecule has 0 fully saturated rings. The molecule has 0 bridgehead atoms. The van der Waals surface area contributed by atoms with Crippen LogP contribution >= 0.6 is 11.8 Å². The fraction of sp³-hybridized carbons (Fsp3) is 0.158. The third-order valence-corrected chi connectivity index (χ3v) is 4.75. The number of hydrogen-bond acceptors (Lipinski definition) is 6. The van der Waals surface area contributed by atoms with Crippen LogP contribution in [0.25, 0.3) is 10.9 Å². The zero-order chi connectivity index (χ0) is 18.5.